The number of aliphatic hydroxyl groups is 1. The molecule has 25 heavy (non-hydrogen) atoms. The van der Waals surface area contributed by atoms with Crippen molar-refractivity contribution in [3.8, 4) is 0 Å². The van der Waals surface area contributed by atoms with Crippen LogP contribution in [-0.4, -0.2) is 11.7 Å². The quantitative estimate of drug-likeness (QED) is 0.162. The molecule has 0 aliphatic rings. The summed E-state index contributed by atoms with van der Waals surface area (Å²) in [4.78, 5) is 0. The number of hydrogen-bond donors (Lipinski definition) is 1. The summed E-state index contributed by atoms with van der Waals surface area (Å²) < 4.78 is 0. The van der Waals surface area contributed by atoms with Crippen LogP contribution in [0.4, 0.5) is 0 Å². The Kier molecular flexibility index (Phi) is 23.4. The number of allylic oxidation sites excluding steroid dienone is 2. The van der Waals surface area contributed by atoms with Gasteiger partial charge < -0.3 is 5.11 Å². The van der Waals surface area contributed by atoms with E-state index in [0.29, 0.717) is 6.61 Å². The maximum Gasteiger partial charge on any atom is 0.0431 e. The van der Waals surface area contributed by atoms with Crippen LogP contribution in [0.25, 0.3) is 0 Å². The highest BCUT2D eigenvalue weighted by molar-refractivity contribution is 4.81. The molecular formula is C24H48O. The molecule has 0 saturated heterocycles. The molecule has 0 fully saturated rings. The van der Waals surface area contributed by atoms with Crippen LogP contribution in [0.1, 0.15) is 135 Å². The highest BCUT2D eigenvalue weighted by Crippen LogP contribution is 2.12. The van der Waals surface area contributed by atoms with Crippen molar-refractivity contribution >= 4 is 0 Å². The second kappa shape index (κ2) is 23.7. The van der Waals surface area contributed by atoms with Crippen molar-refractivity contribution in [3.63, 3.8) is 0 Å². The van der Waals surface area contributed by atoms with Crippen LogP contribution in [0, 0.1) is 0 Å². The van der Waals surface area contributed by atoms with Crippen molar-refractivity contribution in [3.05, 3.63) is 12.2 Å². The fraction of sp³-hybridized carbons (Fsp3) is 0.917. The van der Waals surface area contributed by atoms with Crippen LogP contribution < -0.4 is 0 Å². The van der Waals surface area contributed by atoms with Crippen molar-refractivity contribution in [2.24, 2.45) is 0 Å². The monoisotopic (exact) mass is 352 g/mol. The molecular weight excluding hydrogens is 304 g/mol. The minimum Gasteiger partial charge on any atom is -0.396 e. The van der Waals surface area contributed by atoms with E-state index in [1.165, 1.54) is 122 Å². The number of aliphatic hydroxyl groups excluding tert-OH is 1. The molecule has 0 spiro atoms. The van der Waals surface area contributed by atoms with E-state index >= 15 is 0 Å². The summed E-state index contributed by atoms with van der Waals surface area (Å²) in [6.45, 7) is 2.66. The average molecular weight is 353 g/mol. The van der Waals surface area contributed by atoms with Gasteiger partial charge in [-0.15, -0.1) is 0 Å². The summed E-state index contributed by atoms with van der Waals surface area (Å²) in [5, 5.41) is 8.72. The van der Waals surface area contributed by atoms with Crippen molar-refractivity contribution in [2.75, 3.05) is 6.61 Å². The van der Waals surface area contributed by atoms with E-state index in [0.717, 1.165) is 6.42 Å². The summed E-state index contributed by atoms with van der Waals surface area (Å²) >= 11 is 0. The first-order chi connectivity index (χ1) is 12.4. The summed E-state index contributed by atoms with van der Waals surface area (Å²) in [6.07, 6.45) is 32.1. The van der Waals surface area contributed by atoms with E-state index in [9.17, 15) is 0 Å². The molecule has 1 nitrogen and oxygen atoms in total. The molecule has 0 aromatic heterocycles. The van der Waals surface area contributed by atoms with Crippen LogP contribution in [0.2, 0.25) is 0 Å². The topological polar surface area (TPSA) is 20.2 Å². The van der Waals surface area contributed by atoms with Gasteiger partial charge in [-0.3, -0.25) is 0 Å². The van der Waals surface area contributed by atoms with Crippen molar-refractivity contribution in [2.45, 2.75) is 135 Å². The molecule has 0 radical (unpaired) electrons. The zero-order valence-electron chi connectivity index (χ0n) is 17.5. The third-order valence-electron chi connectivity index (χ3n) is 5.17. The lowest BCUT2D eigenvalue weighted by atomic mass is 10.0. The van der Waals surface area contributed by atoms with Gasteiger partial charge in [0.1, 0.15) is 0 Å². The van der Waals surface area contributed by atoms with Gasteiger partial charge in [0.15, 0.2) is 0 Å². The molecule has 0 unspecified atom stereocenters. The molecule has 0 bridgehead atoms. The largest absolute Gasteiger partial charge is 0.396 e. The lowest BCUT2D eigenvalue weighted by Crippen LogP contribution is -1.84. The normalized spacial score (nSPS) is 11.6. The lowest BCUT2D eigenvalue weighted by molar-refractivity contribution is 0.282. The third kappa shape index (κ3) is 23.7. The molecule has 0 aliphatic heterocycles. The second-order valence-electron chi connectivity index (χ2n) is 7.78. The lowest BCUT2D eigenvalue weighted by Gasteiger charge is -2.02. The van der Waals surface area contributed by atoms with Crippen LogP contribution >= 0.6 is 0 Å². The Labute approximate surface area is 159 Å². The third-order valence-corrected chi connectivity index (χ3v) is 5.17. The van der Waals surface area contributed by atoms with E-state index in [4.69, 9.17) is 5.11 Å². The summed E-state index contributed by atoms with van der Waals surface area (Å²) in [5.41, 5.74) is 0. The molecule has 0 rings (SSSR count). The van der Waals surface area contributed by atoms with E-state index < -0.39 is 0 Å². The Morgan fingerprint density at radius 3 is 1.12 bits per heavy atom. The highest BCUT2D eigenvalue weighted by atomic mass is 16.2. The Morgan fingerprint density at radius 1 is 0.440 bits per heavy atom. The molecule has 0 saturated carbocycles. The van der Waals surface area contributed by atoms with E-state index in [1.54, 1.807) is 0 Å². The number of unbranched alkanes of at least 4 members (excludes halogenated alkanes) is 18. The first-order valence-electron chi connectivity index (χ1n) is 11.7. The summed E-state index contributed by atoms with van der Waals surface area (Å²) in [7, 11) is 0. The molecule has 0 aliphatic carbocycles. The highest BCUT2D eigenvalue weighted by Gasteiger charge is 1.93. The maximum absolute atomic E-state index is 8.72. The second-order valence-corrected chi connectivity index (χ2v) is 7.78. The Morgan fingerprint density at radius 2 is 0.760 bits per heavy atom. The Bertz CT molecular complexity index is 246. The maximum atomic E-state index is 8.72. The zero-order chi connectivity index (χ0) is 18.3. The minimum absolute atomic E-state index is 0.365. The van der Waals surface area contributed by atoms with Crippen LogP contribution in [0.3, 0.4) is 0 Å². The van der Waals surface area contributed by atoms with Gasteiger partial charge in [0.05, 0.1) is 0 Å². The van der Waals surface area contributed by atoms with Gasteiger partial charge in [-0.1, -0.05) is 115 Å². The van der Waals surface area contributed by atoms with Gasteiger partial charge in [-0.25, -0.2) is 0 Å². The SMILES string of the molecule is CCCCCCCCCCCCCC=CCCCCCCCCCO. The molecule has 150 valence electrons. The minimum atomic E-state index is 0.365. The van der Waals surface area contributed by atoms with E-state index in [-0.39, 0.29) is 0 Å². The Hall–Kier alpha value is -0.300. The van der Waals surface area contributed by atoms with Gasteiger partial charge in [-0.2, -0.15) is 0 Å². The van der Waals surface area contributed by atoms with Gasteiger partial charge >= 0.3 is 0 Å². The molecule has 1 heteroatoms. The average Bonchev–Trinajstić information content (AvgIpc) is 2.63. The van der Waals surface area contributed by atoms with Gasteiger partial charge in [0.2, 0.25) is 0 Å². The van der Waals surface area contributed by atoms with Gasteiger partial charge in [0.25, 0.3) is 0 Å². The van der Waals surface area contributed by atoms with Crippen molar-refractivity contribution in [1.82, 2.24) is 0 Å². The molecule has 1 N–H and O–H groups in total. The zero-order valence-corrected chi connectivity index (χ0v) is 17.5. The fourth-order valence-corrected chi connectivity index (χ4v) is 3.42. The van der Waals surface area contributed by atoms with Crippen molar-refractivity contribution < 1.29 is 5.11 Å². The molecule has 0 heterocycles. The number of hydrogen-bond acceptors (Lipinski definition) is 1. The first kappa shape index (κ1) is 24.7. The molecule has 0 aromatic carbocycles. The molecule has 0 atom stereocenters. The van der Waals surface area contributed by atoms with Gasteiger partial charge in [-0.05, 0) is 32.1 Å². The van der Waals surface area contributed by atoms with E-state index in [2.05, 4.69) is 19.1 Å². The van der Waals surface area contributed by atoms with Crippen LogP contribution in [0.15, 0.2) is 12.2 Å². The summed E-state index contributed by atoms with van der Waals surface area (Å²) in [5.74, 6) is 0. The van der Waals surface area contributed by atoms with E-state index in [1.807, 2.05) is 0 Å². The Balaban J connectivity index is 3.04. The van der Waals surface area contributed by atoms with Crippen molar-refractivity contribution in [1.29, 1.82) is 0 Å². The molecule has 0 amide bonds. The predicted molar refractivity (Wildman–Crippen MR) is 114 cm³/mol. The number of rotatable bonds is 21. The van der Waals surface area contributed by atoms with Crippen LogP contribution in [-0.2, 0) is 0 Å². The summed E-state index contributed by atoms with van der Waals surface area (Å²) in [6, 6.07) is 0. The predicted octanol–water partition coefficient (Wildman–Crippen LogP) is 8.36. The van der Waals surface area contributed by atoms with Crippen LogP contribution in [0.5, 0.6) is 0 Å². The first-order valence-corrected chi connectivity index (χ1v) is 11.7. The van der Waals surface area contributed by atoms with Gasteiger partial charge in [0, 0.05) is 6.61 Å². The smallest absolute Gasteiger partial charge is 0.0431 e. The standard InChI is InChI=1S/C24H48O/c1-2-3-4-5-6-7-8-9-10-11-12-13-14-15-16-17-18-19-20-21-22-23-24-25/h14-15,25H,2-13,16-24H2,1H3. The molecule has 0 aromatic rings. The fourth-order valence-electron chi connectivity index (χ4n) is 3.42.